The Morgan fingerprint density at radius 1 is 1.04 bits per heavy atom. The fourth-order valence-electron chi connectivity index (χ4n) is 2.21. The number of rotatable bonds is 8. The minimum atomic E-state index is 0.576. The minimum absolute atomic E-state index is 0.576. The molecule has 3 nitrogen and oxygen atoms in total. The van der Waals surface area contributed by atoms with E-state index in [-0.39, 0.29) is 0 Å². The predicted octanol–water partition coefficient (Wildman–Crippen LogP) is 4.30. The smallest absolute Gasteiger partial charge is 0.119 e. The summed E-state index contributed by atoms with van der Waals surface area (Å²) in [5, 5.41) is 0. The summed E-state index contributed by atoms with van der Waals surface area (Å²) in [6.45, 7) is 5.88. The zero-order chi connectivity index (χ0) is 16.5. The largest absolute Gasteiger partial charge is 0.498 e. The molecule has 0 aliphatic heterocycles. The standard InChI is InChI=1S/C20H25NO2/c1-3-22-20(12-13-21)14-17-8-10-19(11-9-17)23-15-18-6-4-16(2)5-7-18/h4-11,14H,3,12-13,15,21H2,1-2H3. The van der Waals surface area contributed by atoms with E-state index >= 15 is 0 Å². The van der Waals surface area contributed by atoms with E-state index < -0.39 is 0 Å². The fraction of sp³-hybridized carbons (Fsp3) is 0.300. The van der Waals surface area contributed by atoms with Crippen LogP contribution in [-0.2, 0) is 11.3 Å². The van der Waals surface area contributed by atoms with Crippen molar-refractivity contribution in [2.24, 2.45) is 5.73 Å². The van der Waals surface area contributed by atoms with Crippen molar-refractivity contribution in [3.63, 3.8) is 0 Å². The lowest BCUT2D eigenvalue weighted by atomic mass is 10.1. The molecule has 2 rings (SSSR count). The normalized spacial score (nSPS) is 11.3. The molecule has 0 bridgehead atoms. The van der Waals surface area contributed by atoms with Gasteiger partial charge in [0.15, 0.2) is 0 Å². The first kappa shape index (κ1) is 17.1. The van der Waals surface area contributed by atoms with Gasteiger partial charge >= 0.3 is 0 Å². The molecule has 0 aliphatic rings. The summed E-state index contributed by atoms with van der Waals surface area (Å²) in [4.78, 5) is 0. The Hall–Kier alpha value is -2.26. The van der Waals surface area contributed by atoms with E-state index in [2.05, 4.69) is 31.2 Å². The van der Waals surface area contributed by atoms with E-state index in [1.807, 2.05) is 37.3 Å². The van der Waals surface area contributed by atoms with Gasteiger partial charge in [0.25, 0.3) is 0 Å². The summed E-state index contributed by atoms with van der Waals surface area (Å²) < 4.78 is 11.4. The molecule has 0 atom stereocenters. The quantitative estimate of drug-likeness (QED) is 0.739. The number of nitrogens with two attached hydrogens (primary N) is 1. The number of hydrogen-bond donors (Lipinski definition) is 1. The van der Waals surface area contributed by atoms with Crippen molar-refractivity contribution in [3.8, 4) is 5.75 Å². The van der Waals surface area contributed by atoms with Crippen molar-refractivity contribution in [2.45, 2.75) is 26.9 Å². The second-order valence-corrected chi connectivity index (χ2v) is 5.43. The van der Waals surface area contributed by atoms with Crippen LogP contribution >= 0.6 is 0 Å². The molecule has 0 radical (unpaired) electrons. The summed E-state index contributed by atoms with van der Waals surface area (Å²) in [5.41, 5.74) is 9.11. The summed E-state index contributed by atoms with van der Waals surface area (Å²) in [7, 11) is 0. The topological polar surface area (TPSA) is 44.5 Å². The van der Waals surface area contributed by atoms with Crippen LogP contribution in [-0.4, -0.2) is 13.2 Å². The molecule has 0 aromatic heterocycles. The predicted molar refractivity (Wildman–Crippen MR) is 95.2 cm³/mol. The Bertz CT molecular complexity index is 607. The zero-order valence-electron chi connectivity index (χ0n) is 13.9. The van der Waals surface area contributed by atoms with Gasteiger partial charge in [-0.3, -0.25) is 0 Å². The van der Waals surface area contributed by atoms with Gasteiger partial charge in [0.05, 0.1) is 12.4 Å². The number of benzene rings is 2. The van der Waals surface area contributed by atoms with E-state index in [0.29, 0.717) is 19.8 Å². The molecule has 2 aromatic rings. The van der Waals surface area contributed by atoms with Crippen molar-refractivity contribution in [1.29, 1.82) is 0 Å². The average molecular weight is 311 g/mol. The summed E-state index contributed by atoms with van der Waals surface area (Å²) in [6.07, 6.45) is 2.78. The van der Waals surface area contributed by atoms with Crippen LogP contribution in [0.4, 0.5) is 0 Å². The molecule has 3 heteroatoms. The molecule has 0 fully saturated rings. The van der Waals surface area contributed by atoms with Crippen LogP contribution in [0.15, 0.2) is 54.3 Å². The van der Waals surface area contributed by atoms with Crippen LogP contribution in [0.2, 0.25) is 0 Å². The van der Waals surface area contributed by atoms with Gasteiger partial charge in [0.2, 0.25) is 0 Å². The summed E-state index contributed by atoms with van der Waals surface area (Å²) in [6, 6.07) is 16.4. The number of ether oxygens (including phenoxy) is 2. The fourth-order valence-corrected chi connectivity index (χ4v) is 2.21. The Morgan fingerprint density at radius 3 is 2.35 bits per heavy atom. The molecule has 0 aliphatic carbocycles. The third kappa shape index (κ3) is 5.80. The summed E-state index contributed by atoms with van der Waals surface area (Å²) in [5.74, 6) is 1.78. The van der Waals surface area contributed by atoms with Gasteiger partial charge < -0.3 is 15.2 Å². The van der Waals surface area contributed by atoms with Gasteiger partial charge in [0.1, 0.15) is 12.4 Å². The maximum Gasteiger partial charge on any atom is 0.119 e. The Balaban J connectivity index is 1.95. The van der Waals surface area contributed by atoms with Gasteiger partial charge in [-0.05, 0) is 49.7 Å². The first-order valence-corrected chi connectivity index (χ1v) is 8.03. The first-order valence-electron chi connectivity index (χ1n) is 8.03. The number of aryl methyl sites for hydroxylation is 1. The summed E-state index contributed by atoms with van der Waals surface area (Å²) >= 11 is 0. The Labute approximate surface area is 138 Å². The highest BCUT2D eigenvalue weighted by molar-refractivity contribution is 5.52. The molecular weight excluding hydrogens is 286 g/mol. The highest BCUT2D eigenvalue weighted by Gasteiger charge is 1.99. The van der Waals surface area contributed by atoms with E-state index in [4.69, 9.17) is 15.2 Å². The monoisotopic (exact) mass is 311 g/mol. The second-order valence-electron chi connectivity index (χ2n) is 5.43. The molecule has 0 saturated carbocycles. The third-order valence-corrected chi connectivity index (χ3v) is 3.45. The first-order chi connectivity index (χ1) is 11.2. The van der Waals surface area contributed by atoms with Crippen LogP contribution in [0, 0.1) is 6.92 Å². The molecule has 0 heterocycles. The van der Waals surface area contributed by atoms with Crippen molar-refractivity contribution in [1.82, 2.24) is 0 Å². The minimum Gasteiger partial charge on any atom is -0.498 e. The third-order valence-electron chi connectivity index (χ3n) is 3.45. The van der Waals surface area contributed by atoms with E-state index in [1.54, 1.807) is 0 Å². The van der Waals surface area contributed by atoms with Crippen LogP contribution in [0.1, 0.15) is 30.0 Å². The van der Waals surface area contributed by atoms with Crippen LogP contribution in [0.5, 0.6) is 5.75 Å². The highest BCUT2D eigenvalue weighted by Crippen LogP contribution is 2.17. The van der Waals surface area contributed by atoms with Crippen molar-refractivity contribution < 1.29 is 9.47 Å². The molecule has 0 amide bonds. The van der Waals surface area contributed by atoms with Crippen LogP contribution < -0.4 is 10.5 Å². The SMILES string of the molecule is CCOC(=Cc1ccc(OCc2ccc(C)cc2)cc1)CCN. The maximum atomic E-state index is 5.81. The zero-order valence-corrected chi connectivity index (χ0v) is 13.9. The average Bonchev–Trinajstić information content (AvgIpc) is 2.56. The molecule has 0 saturated heterocycles. The molecule has 23 heavy (non-hydrogen) atoms. The van der Waals surface area contributed by atoms with Gasteiger partial charge in [-0.15, -0.1) is 0 Å². The van der Waals surface area contributed by atoms with Crippen molar-refractivity contribution in [2.75, 3.05) is 13.2 Å². The van der Waals surface area contributed by atoms with Gasteiger partial charge in [-0.1, -0.05) is 42.0 Å². The molecular formula is C20H25NO2. The second kappa shape index (κ2) is 9.01. The number of hydrogen-bond acceptors (Lipinski definition) is 3. The van der Waals surface area contributed by atoms with E-state index in [1.165, 1.54) is 11.1 Å². The maximum absolute atomic E-state index is 5.81. The molecule has 122 valence electrons. The lowest BCUT2D eigenvalue weighted by Crippen LogP contribution is -2.02. The Kier molecular flexibility index (Phi) is 6.70. The lowest BCUT2D eigenvalue weighted by Gasteiger charge is -2.09. The Morgan fingerprint density at radius 2 is 1.74 bits per heavy atom. The van der Waals surface area contributed by atoms with Gasteiger partial charge in [-0.2, -0.15) is 0 Å². The van der Waals surface area contributed by atoms with Crippen LogP contribution in [0.3, 0.4) is 0 Å². The molecule has 0 spiro atoms. The van der Waals surface area contributed by atoms with Crippen molar-refractivity contribution >= 4 is 6.08 Å². The van der Waals surface area contributed by atoms with E-state index in [9.17, 15) is 0 Å². The molecule has 2 aromatic carbocycles. The lowest BCUT2D eigenvalue weighted by molar-refractivity contribution is 0.223. The highest BCUT2D eigenvalue weighted by atomic mass is 16.5. The van der Waals surface area contributed by atoms with Crippen molar-refractivity contribution in [3.05, 3.63) is 71.0 Å². The van der Waals surface area contributed by atoms with E-state index in [0.717, 1.165) is 23.5 Å². The van der Waals surface area contributed by atoms with Gasteiger partial charge in [0, 0.05) is 6.42 Å². The van der Waals surface area contributed by atoms with Gasteiger partial charge in [-0.25, -0.2) is 0 Å². The molecule has 2 N–H and O–H groups in total. The van der Waals surface area contributed by atoms with Crippen LogP contribution in [0.25, 0.3) is 6.08 Å². The molecule has 0 unspecified atom stereocenters.